The Bertz CT molecular complexity index is 714. The van der Waals surface area contributed by atoms with E-state index in [1.54, 1.807) is 7.11 Å². The van der Waals surface area contributed by atoms with Gasteiger partial charge in [0.1, 0.15) is 6.61 Å². The molecule has 0 bridgehead atoms. The van der Waals surface area contributed by atoms with Gasteiger partial charge in [0.15, 0.2) is 17.5 Å². The molecule has 154 valence electrons. The lowest BCUT2D eigenvalue weighted by Gasteiger charge is -2.13. The van der Waals surface area contributed by atoms with E-state index in [1.807, 2.05) is 60.3 Å². The van der Waals surface area contributed by atoms with Crippen LogP contribution in [0.1, 0.15) is 18.1 Å². The number of methoxy groups -OCH3 is 1. The van der Waals surface area contributed by atoms with Crippen molar-refractivity contribution in [2.45, 2.75) is 20.1 Å². The molecule has 0 unspecified atom stereocenters. The monoisotopic (exact) mass is 515 g/mol. The van der Waals surface area contributed by atoms with Gasteiger partial charge in [-0.15, -0.1) is 24.0 Å². The van der Waals surface area contributed by atoms with Crippen molar-refractivity contribution in [1.82, 2.24) is 10.6 Å². The Labute approximate surface area is 189 Å². The third kappa shape index (κ3) is 8.60. The molecule has 0 aliphatic rings. The predicted molar refractivity (Wildman–Crippen MR) is 130 cm³/mol. The van der Waals surface area contributed by atoms with Crippen LogP contribution in [0.4, 0.5) is 0 Å². The normalized spacial score (nSPS) is 10.8. The molecule has 2 rings (SSSR count). The number of thioether (sulfide) groups is 1. The van der Waals surface area contributed by atoms with E-state index >= 15 is 0 Å². The number of hydrogen-bond acceptors (Lipinski definition) is 4. The Balaban J connectivity index is 0.00000392. The molecule has 2 N–H and O–H groups in total. The Morgan fingerprint density at radius 2 is 1.82 bits per heavy atom. The van der Waals surface area contributed by atoms with E-state index in [-0.39, 0.29) is 24.0 Å². The highest BCUT2D eigenvalue weighted by molar-refractivity contribution is 14.0. The van der Waals surface area contributed by atoms with Gasteiger partial charge in [0, 0.05) is 18.8 Å². The van der Waals surface area contributed by atoms with E-state index in [0.717, 1.165) is 47.4 Å². The van der Waals surface area contributed by atoms with Crippen LogP contribution >= 0.6 is 35.7 Å². The number of aliphatic imine (C=N–C) groups is 1. The van der Waals surface area contributed by atoms with Gasteiger partial charge in [-0.2, -0.15) is 11.8 Å². The highest BCUT2D eigenvalue weighted by Gasteiger charge is 2.07. The molecule has 5 nitrogen and oxygen atoms in total. The summed E-state index contributed by atoms with van der Waals surface area (Å²) >= 11 is 1.81. The van der Waals surface area contributed by atoms with Gasteiger partial charge >= 0.3 is 0 Å². The summed E-state index contributed by atoms with van der Waals surface area (Å²) in [6, 6.07) is 16.0. The molecule has 0 saturated heterocycles. The van der Waals surface area contributed by atoms with Crippen LogP contribution in [0.5, 0.6) is 11.5 Å². The zero-order valence-corrected chi connectivity index (χ0v) is 19.9. The topological polar surface area (TPSA) is 54.9 Å². The SMILES string of the molecule is CCNC(=NCc1ccc(OCc2ccccc2)c(OC)c1)NCCSC.I. The zero-order chi connectivity index (χ0) is 19.3. The Morgan fingerprint density at radius 1 is 1.04 bits per heavy atom. The van der Waals surface area contributed by atoms with Crippen LogP contribution in [0.3, 0.4) is 0 Å². The third-order valence-electron chi connectivity index (χ3n) is 3.83. The van der Waals surface area contributed by atoms with Gasteiger partial charge in [-0.25, -0.2) is 4.99 Å². The van der Waals surface area contributed by atoms with Crippen LogP contribution in [0.25, 0.3) is 0 Å². The minimum atomic E-state index is 0. The van der Waals surface area contributed by atoms with Crippen LogP contribution in [-0.2, 0) is 13.2 Å². The summed E-state index contributed by atoms with van der Waals surface area (Å²) in [5.74, 6) is 3.33. The molecule has 7 heteroatoms. The molecule has 0 saturated carbocycles. The van der Waals surface area contributed by atoms with Crippen molar-refractivity contribution in [3.05, 3.63) is 59.7 Å². The summed E-state index contributed by atoms with van der Waals surface area (Å²) in [5, 5.41) is 6.60. The lowest BCUT2D eigenvalue weighted by molar-refractivity contribution is 0.284. The molecular weight excluding hydrogens is 485 g/mol. The van der Waals surface area contributed by atoms with E-state index in [4.69, 9.17) is 9.47 Å². The largest absolute Gasteiger partial charge is 0.493 e. The van der Waals surface area contributed by atoms with Crippen molar-refractivity contribution in [2.24, 2.45) is 4.99 Å². The maximum atomic E-state index is 5.91. The predicted octanol–water partition coefficient (Wildman–Crippen LogP) is 4.31. The molecule has 0 heterocycles. The number of nitrogens with zero attached hydrogens (tertiary/aromatic N) is 1. The molecule has 0 spiro atoms. The molecule has 28 heavy (non-hydrogen) atoms. The summed E-state index contributed by atoms with van der Waals surface area (Å²) in [7, 11) is 1.66. The first kappa shape index (κ1) is 24.4. The second-order valence-electron chi connectivity index (χ2n) is 5.87. The zero-order valence-electron chi connectivity index (χ0n) is 16.7. The van der Waals surface area contributed by atoms with Crippen molar-refractivity contribution in [1.29, 1.82) is 0 Å². The quantitative estimate of drug-likeness (QED) is 0.214. The molecule has 0 radical (unpaired) electrons. The van der Waals surface area contributed by atoms with Crippen LogP contribution in [-0.4, -0.2) is 38.2 Å². The Morgan fingerprint density at radius 3 is 2.50 bits per heavy atom. The highest BCUT2D eigenvalue weighted by Crippen LogP contribution is 2.29. The third-order valence-corrected chi connectivity index (χ3v) is 4.44. The molecule has 0 atom stereocenters. The first-order chi connectivity index (χ1) is 13.3. The summed E-state index contributed by atoms with van der Waals surface area (Å²) < 4.78 is 11.4. The second-order valence-corrected chi connectivity index (χ2v) is 6.86. The van der Waals surface area contributed by atoms with Gasteiger partial charge in [-0.1, -0.05) is 36.4 Å². The number of ether oxygens (including phenoxy) is 2. The first-order valence-corrected chi connectivity index (χ1v) is 10.5. The number of guanidine groups is 1. The maximum absolute atomic E-state index is 5.91. The smallest absolute Gasteiger partial charge is 0.191 e. The average molecular weight is 515 g/mol. The average Bonchev–Trinajstić information content (AvgIpc) is 2.71. The lowest BCUT2D eigenvalue weighted by Crippen LogP contribution is -2.38. The van der Waals surface area contributed by atoms with Gasteiger partial charge < -0.3 is 20.1 Å². The lowest BCUT2D eigenvalue weighted by atomic mass is 10.2. The minimum absolute atomic E-state index is 0. The van der Waals surface area contributed by atoms with Crippen molar-refractivity contribution in [2.75, 3.05) is 32.2 Å². The van der Waals surface area contributed by atoms with Crippen molar-refractivity contribution in [3.8, 4) is 11.5 Å². The molecule has 0 fully saturated rings. The second kappa shape index (κ2) is 14.4. The Hall–Kier alpha value is -1.61. The van der Waals surface area contributed by atoms with E-state index < -0.39 is 0 Å². The van der Waals surface area contributed by atoms with E-state index in [1.165, 1.54) is 0 Å². The van der Waals surface area contributed by atoms with Crippen LogP contribution in [0.15, 0.2) is 53.5 Å². The number of nitrogens with one attached hydrogen (secondary N) is 2. The molecule has 0 aromatic heterocycles. The van der Waals surface area contributed by atoms with Crippen LogP contribution < -0.4 is 20.1 Å². The number of hydrogen-bond donors (Lipinski definition) is 2. The molecular formula is C21H30IN3O2S. The molecule has 0 aliphatic carbocycles. The van der Waals surface area contributed by atoms with E-state index in [0.29, 0.717) is 13.2 Å². The number of benzene rings is 2. The summed E-state index contributed by atoms with van der Waals surface area (Å²) in [4.78, 5) is 4.64. The van der Waals surface area contributed by atoms with Crippen molar-refractivity contribution in [3.63, 3.8) is 0 Å². The van der Waals surface area contributed by atoms with Gasteiger partial charge in [0.25, 0.3) is 0 Å². The standard InChI is InChI=1S/C21H29N3O2S.HI/c1-4-22-21(23-12-13-27-3)24-15-18-10-11-19(20(14-18)25-2)26-16-17-8-6-5-7-9-17;/h5-11,14H,4,12-13,15-16H2,1-3H3,(H2,22,23,24);1H. The molecule has 0 aliphatic heterocycles. The van der Waals surface area contributed by atoms with Gasteiger partial charge in [0.05, 0.1) is 13.7 Å². The van der Waals surface area contributed by atoms with E-state index in [9.17, 15) is 0 Å². The van der Waals surface area contributed by atoms with Crippen molar-refractivity contribution >= 4 is 41.7 Å². The molecule has 0 amide bonds. The number of rotatable bonds is 10. The van der Waals surface area contributed by atoms with Crippen LogP contribution in [0, 0.1) is 0 Å². The van der Waals surface area contributed by atoms with Gasteiger partial charge in [-0.05, 0) is 36.4 Å². The highest BCUT2D eigenvalue weighted by atomic mass is 127. The summed E-state index contributed by atoms with van der Waals surface area (Å²) in [6.07, 6.45) is 2.10. The number of halogens is 1. The minimum Gasteiger partial charge on any atom is -0.493 e. The summed E-state index contributed by atoms with van der Waals surface area (Å²) in [5.41, 5.74) is 2.20. The van der Waals surface area contributed by atoms with Gasteiger partial charge in [-0.3, -0.25) is 0 Å². The Kier molecular flexibility index (Phi) is 12.6. The fourth-order valence-electron chi connectivity index (χ4n) is 2.45. The van der Waals surface area contributed by atoms with Crippen LogP contribution in [0.2, 0.25) is 0 Å². The van der Waals surface area contributed by atoms with Crippen molar-refractivity contribution < 1.29 is 9.47 Å². The summed E-state index contributed by atoms with van der Waals surface area (Å²) in [6.45, 7) is 4.87. The fourth-order valence-corrected chi connectivity index (χ4v) is 2.75. The maximum Gasteiger partial charge on any atom is 0.191 e. The molecule has 2 aromatic rings. The van der Waals surface area contributed by atoms with Gasteiger partial charge in [0.2, 0.25) is 0 Å². The molecule has 2 aromatic carbocycles. The fraction of sp³-hybridized carbons (Fsp3) is 0.381. The van der Waals surface area contributed by atoms with E-state index in [2.05, 4.69) is 28.8 Å². The first-order valence-electron chi connectivity index (χ1n) is 9.11.